The summed E-state index contributed by atoms with van der Waals surface area (Å²) in [6.07, 6.45) is 3.58. The normalized spacial score (nSPS) is 11.0. The van der Waals surface area contributed by atoms with E-state index in [1.54, 1.807) is 0 Å². The summed E-state index contributed by atoms with van der Waals surface area (Å²) in [5.74, 6) is -0.147. The molecule has 2 aromatic heterocycles. The van der Waals surface area contributed by atoms with Crippen molar-refractivity contribution in [3.05, 3.63) is 108 Å². The summed E-state index contributed by atoms with van der Waals surface area (Å²) >= 11 is 7.78. The quantitative estimate of drug-likeness (QED) is 0.139. The van der Waals surface area contributed by atoms with Gasteiger partial charge in [-0.2, -0.15) is 0 Å². The van der Waals surface area contributed by atoms with E-state index in [1.165, 1.54) is 18.1 Å². The number of aromatic nitrogens is 3. The standard InChI is InChI=1S/C28H22ClN3O2S/c1-19-12-13-22(14-24(19)29)32-15-23(21-10-6-3-7-11-21)26-27(32)30-18-31-28(26)35-17-25(33)34-16-20-8-4-2-5-9-20/h2-15,18H,16-17H2,1H3. The van der Waals surface area contributed by atoms with Crippen LogP contribution in [0.3, 0.4) is 0 Å². The molecule has 0 bridgehead atoms. The van der Waals surface area contributed by atoms with Gasteiger partial charge in [-0.1, -0.05) is 90.1 Å². The molecule has 0 aliphatic rings. The van der Waals surface area contributed by atoms with E-state index in [1.807, 2.05) is 84.4 Å². The Kier molecular flexibility index (Phi) is 6.84. The van der Waals surface area contributed by atoms with E-state index in [2.05, 4.69) is 22.1 Å². The van der Waals surface area contributed by atoms with Gasteiger partial charge in [0.1, 0.15) is 23.6 Å². The number of halogens is 1. The summed E-state index contributed by atoms with van der Waals surface area (Å²) in [4.78, 5) is 21.6. The fourth-order valence-electron chi connectivity index (χ4n) is 3.82. The molecule has 0 radical (unpaired) electrons. The van der Waals surface area contributed by atoms with E-state index in [4.69, 9.17) is 16.3 Å². The molecule has 0 atom stereocenters. The van der Waals surface area contributed by atoms with Crippen molar-refractivity contribution in [1.82, 2.24) is 14.5 Å². The third kappa shape index (κ3) is 5.09. The van der Waals surface area contributed by atoms with E-state index in [-0.39, 0.29) is 18.3 Å². The van der Waals surface area contributed by atoms with Gasteiger partial charge in [0, 0.05) is 22.5 Å². The van der Waals surface area contributed by atoms with Crippen LogP contribution >= 0.6 is 23.4 Å². The first-order valence-electron chi connectivity index (χ1n) is 11.1. The maximum Gasteiger partial charge on any atom is 0.316 e. The maximum absolute atomic E-state index is 12.5. The summed E-state index contributed by atoms with van der Waals surface area (Å²) in [6.45, 7) is 2.22. The number of ether oxygens (including phenoxy) is 1. The highest BCUT2D eigenvalue weighted by molar-refractivity contribution is 8.00. The maximum atomic E-state index is 12.5. The topological polar surface area (TPSA) is 57.0 Å². The minimum atomic E-state index is -0.295. The Morgan fingerprint density at radius 1 is 1.00 bits per heavy atom. The Hall–Kier alpha value is -3.61. The first-order valence-corrected chi connectivity index (χ1v) is 12.5. The molecule has 0 aliphatic carbocycles. The van der Waals surface area contributed by atoms with Crippen LogP contribution in [0.5, 0.6) is 0 Å². The molecule has 0 saturated carbocycles. The molecule has 174 valence electrons. The molecule has 0 saturated heterocycles. The van der Waals surface area contributed by atoms with Gasteiger partial charge in [-0.25, -0.2) is 9.97 Å². The van der Waals surface area contributed by atoms with Crippen LogP contribution < -0.4 is 0 Å². The average Bonchev–Trinajstić information content (AvgIpc) is 3.29. The van der Waals surface area contributed by atoms with Crippen molar-refractivity contribution in [2.45, 2.75) is 18.6 Å². The first-order chi connectivity index (χ1) is 17.1. The molecular formula is C28H22ClN3O2S. The lowest BCUT2D eigenvalue weighted by Gasteiger charge is -2.08. The number of hydrogen-bond donors (Lipinski definition) is 0. The fraction of sp³-hybridized carbons (Fsp3) is 0.107. The smallest absolute Gasteiger partial charge is 0.316 e. The van der Waals surface area contributed by atoms with Crippen molar-refractivity contribution in [2.75, 3.05) is 5.75 Å². The molecule has 3 aromatic carbocycles. The van der Waals surface area contributed by atoms with Crippen molar-refractivity contribution >= 4 is 40.4 Å². The van der Waals surface area contributed by atoms with Crippen LogP contribution in [0.15, 0.2) is 96.4 Å². The van der Waals surface area contributed by atoms with Gasteiger partial charge in [-0.05, 0) is 35.7 Å². The Morgan fingerprint density at radius 2 is 1.74 bits per heavy atom. The van der Waals surface area contributed by atoms with Crippen molar-refractivity contribution in [2.24, 2.45) is 0 Å². The largest absolute Gasteiger partial charge is 0.460 e. The van der Waals surface area contributed by atoms with Crippen molar-refractivity contribution < 1.29 is 9.53 Å². The second-order valence-corrected chi connectivity index (χ2v) is 9.40. The van der Waals surface area contributed by atoms with E-state index in [0.29, 0.717) is 5.02 Å². The van der Waals surface area contributed by atoms with E-state index >= 15 is 0 Å². The van der Waals surface area contributed by atoms with Crippen LogP contribution in [0.1, 0.15) is 11.1 Å². The van der Waals surface area contributed by atoms with Gasteiger partial charge in [0.25, 0.3) is 0 Å². The molecule has 5 aromatic rings. The Balaban J connectivity index is 1.49. The first kappa shape index (κ1) is 23.1. The number of fused-ring (bicyclic) bond motifs is 1. The van der Waals surface area contributed by atoms with Gasteiger partial charge < -0.3 is 9.30 Å². The lowest BCUT2D eigenvalue weighted by atomic mass is 10.1. The minimum Gasteiger partial charge on any atom is -0.460 e. The van der Waals surface area contributed by atoms with Gasteiger partial charge in [0.2, 0.25) is 0 Å². The highest BCUT2D eigenvalue weighted by Gasteiger charge is 2.19. The van der Waals surface area contributed by atoms with Crippen molar-refractivity contribution in [1.29, 1.82) is 0 Å². The van der Waals surface area contributed by atoms with Gasteiger partial charge >= 0.3 is 5.97 Å². The molecule has 0 fully saturated rings. The number of aryl methyl sites for hydroxylation is 1. The average molecular weight is 500 g/mol. The van der Waals surface area contributed by atoms with Crippen LogP contribution in [0.25, 0.3) is 27.8 Å². The molecule has 2 heterocycles. The molecule has 5 rings (SSSR count). The number of hydrogen-bond acceptors (Lipinski definition) is 5. The van der Waals surface area contributed by atoms with Crippen molar-refractivity contribution in [3.63, 3.8) is 0 Å². The fourth-order valence-corrected chi connectivity index (χ4v) is 4.80. The zero-order valence-electron chi connectivity index (χ0n) is 19.0. The lowest BCUT2D eigenvalue weighted by Crippen LogP contribution is -2.07. The monoisotopic (exact) mass is 499 g/mol. The van der Waals surface area contributed by atoms with Crippen LogP contribution in [0, 0.1) is 6.92 Å². The molecule has 35 heavy (non-hydrogen) atoms. The third-order valence-corrected chi connectivity index (χ3v) is 7.01. The predicted octanol–water partition coefficient (Wildman–Crippen LogP) is 6.88. The molecule has 0 N–H and O–H groups in total. The van der Waals surface area contributed by atoms with Gasteiger partial charge in [0.05, 0.1) is 11.1 Å². The highest BCUT2D eigenvalue weighted by Crippen LogP contribution is 2.37. The van der Waals surface area contributed by atoms with Crippen LogP contribution in [-0.2, 0) is 16.1 Å². The molecule has 0 amide bonds. The molecular weight excluding hydrogens is 478 g/mol. The zero-order chi connectivity index (χ0) is 24.2. The number of rotatable bonds is 7. The number of esters is 1. The summed E-state index contributed by atoms with van der Waals surface area (Å²) in [6, 6.07) is 25.7. The van der Waals surface area contributed by atoms with Gasteiger partial charge in [0.15, 0.2) is 0 Å². The van der Waals surface area contributed by atoms with E-state index < -0.39 is 0 Å². The number of carbonyl (C=O) groups excluding carboxylic acids is 1. The van der Waals surface area contributed by atoms with Crippen molar-refractivity contribution in [3.8, 4) is 16.8 Å². The summed E-state index contributed by atoms with van der Waals surface area (Å²) in [7, 11) is 0. The number of benzene rings is 3. The minimum absolute atomic E-state index is 0.148. The van der Waals surface area contributed by atoms with E-state index in [9.17, 15) is 4.79 Å². The number of carbonyl (C=O) groups is 1. The van der Waals surface area contributed by atoms with Crippen LogP contribution in [0.2, 0.25) is 5.02 Å². The number of nitrogens with zero attached hydrogens (tertiary/aromatic N) is 3. The molecule has 0 spiro atoms. The lowest BCUT2D eigenvalue weighted by molar-refractivity contribution is -0.141. The Labute approximate surface area is 212 Å². The molecule has 0 aliphatic heterocycles. The second kappa shape index (κ2) is 10.3. The van der Waals surface area contributed by atoms with Gasteiger partial charge in [-0.3, -0.25) is 4.79 Å². The van der Waals surface area contributed by atoms with Crippen LogP contribution in [0.4, 0.5) is 0 Å². The molecule has 0 unspecified atom stereocenters. The van der Waals surface area contributed by atoms with E-state index in [0.717, 1.165) is 44.0 Å². The Bertz CT molecular complexity index is 1490. The van der Waals surface area contributed by atoms with Crippen LogP contribution in [-0.4, -0.2) is 26.3 Å². The zero-order valence-corrected chi connectivity index (χ0v) is 20.6. The highest BCUT2D eigenvalue weighted by atomic mass is 35.5. The Morgan fingerprint density at radius 3 is 2.49 bits per heavy atom. The number of thioether (sulfide) groups is 1. The predicted molar refractivity (Wildman–Crippen MR) is 141 cm³/mol. The second-order valence-electron chi connectivity index (χ2n) is 8.02. The summed E-state index contributed by atoms with van der Waals surface area (Å²) < 4.78 is 7.47. The summed E-state index contributed by atoms with van der Waals surface area (Å²) in [5, 5.41) is 2.30. The molecule has 7 heteroatoms. The van der Waals surface area contributed by atoms with Gasteiger partial charge in [-0.15, -0.1) is 0 Å². The third-order valence-electron chi connectivity index (χ3n) is 5.64. The summed E-state index contributed by atoms with van der Waals surface area (Å²) in [5.41, 5.74) is 5.64. The SMILES string of the molecule is Cc1ccc(-n2cc(-c3ccccc3)c3c(SCC(=O)OCc4ccccc4)ncnc32)cc1Cl. The molecule has 5 nitrogen and oxygen atoms in total.